The van der Waals surface area contributed by atoms with E-state index in [0.29, 0.717) is 0 Å². The molecule has 0 amide bonds. The number of rotatable bonds is 4. The van der Waals surface area contributed by atoms with Crippen LogP contribution in [0.15, 0.2) is 48.6 Å². The minimum absolute atomic E-state index is 0.220. The lowest BCUT2D eigenvalue weighted by atomic mass is 10.3. The van der Waals surface area contributed by atoms with E-state index in [1.807, 2.05) is 36.4 Å². The molecule has 4 heteroatoms. The monoisotopic (exact) mass is 250 g/mol. The first-order chi connectivity index (χ1) is 8.63. The Morgan fingerprint density at radius 3 is 1.33 bits per heavy atom. The number of ether oxygens (including phenoxy) is 2. The lowest BCUT2D eigenvalue weighted by Gasteiger charge is -2.03. The van der Waals surface area contributed by atoms with Crippen LogP contribution in [0.2, 0.25) is 0 Å². The zero-order valence-electron chi connectivity index (χ0n) is 10.7. The predicted octanol–water partition coefficient (Wildman–Crippen LogP) is 2.36. The molecule has 18 heavy (non-hydrogen) atoms. The first kappa shape index (κ1) is 15.9. The Hall–Kier alpha value is -2.10. The number of hydrogen-bond donors (Lipinski definition) is 0. The first-order valence-electron chi connectivity index (χ1n) is 5.66. The summed E-state index contributed by atoms with van der Waals surface area (Å²) in [5.74, 6) is -1.45. The minimum Gasteiger partial charge on any atom is -0.462 e. The van der Waals surface area contributed by atoms with Crippen LogP contribution in [0.25, 0.3) is 0 Å². The Kier molecular flexibility index (Phi) is 8.90. The third-order valence-corrected chi connectivity index (χ3v) is 1.71. The molecule has 0 unspecified atom stereocenters. The fourth-order valence-corrected chi connectivity index (χ4v) is 0.905. The normalized spacial score (nSPS) is 8.56. The molecule has 0 aliphatic rings. The van der Waals surface area contributed by atoms with E-state index < -0.39 is 11.9 Å². The van der Waals surface area contributed by atoms with E-state index in [9.17, 15) is 9.59 Å². The van der Waals surface area contributed by atoms with Crippen LogP contribution in [0, 0.1) is 0 Å². The van der Waals surface area contributed by atoms with E-state index in [0.717, 1.165) is 0 Å². The summed E-state index contributed by atoms with van der Waals surface area (Å²) in [6.07, 6.45) is 0. The van der Waals surface area contributed by atoms with Crippen LogP contribution in [-0.2, 0) is 19.1 Å². The Morgan fingerprint density at radius 2 is 1.11 bits per heavy atom. The van der Waals surface area contributed by atoms with Crippen LogP contribution in [0.4, 0.5) is 0 Å². The number of esters is 2. The molecule has 98 valence electrons. The molecule has 4 nitrogen and oxygen atoms in total. The van der Waals surface area contributed by atoms with Gasteiger partial charge in [-0.25, -0.2) is 9.59 Å². The number of hydrogen-bond acceptors (Lipinski definition) is 4. The van der Waals surface area contributed by atoms with Crippen molar-refractivity contribution in [2.45, 2.75) is 13.8 Å². The Morgan fingerprint density at radius 1 is 0.833 bits per heavy atom. The van der Waals surface area contributed by atoms with Crippen molar-refractivity contribution in [3.63, 3.8) is 0 Å². The number of carbonyl (C=O) groups is 2. The molecule has 0 aromatic heterocycles. The second kappa shape index (κ2) is 10.1. The SMILES string of the molecule is C=C(C(=O)OCC)C(=O)OCC.c1ccccc1. The highest BCUT2D eigenvalue weighted by Crippen LogP contribution is 1.97. The van der Waals surface area contributed by atoms with E-state index in [4.69, 9.17) is 0 Å². The van der Waals surface area contributed by atoms with Crippen LogP contribution < -0.4 is 0 Å². The van der Waals surface area contributed by atoms with Crippen molar-refractivity contribution in [3.05, 3.63) is 48.6 Å². The van der Waals surface area contributed by atoms with Crippen LogP contribution in [0.1, 0.15) is 13.8 Å². The van der Waals surface area contributed by atoms with Crippen LogP contribution in [0.3, 0.4) is 0 Å². The molecule has 0 radical (unpaired) electrons. The average molecular weight is 250 g/mol. The molecule has 0 bridgehead atoms. The van der Waals surface area contributed by atoms with Crippen molar-refractivity contribution in [1.29, 1.82) is 0 Å². The van der Waals surface area contributed by atoms with Crippen molar-refractivity contribution in [3.8, 4) is 0 Å². The molecule has 0 aliphatic carbocycles. The van der Waals surface area contributed by atoms with Gasteiger partial charge in [0.15, 0.2) is 0 Å². The predicted molar refractivity (Wildman–Crippen MR) is 68.8 cm³/mol. The summed E-state index contributed by atoms with van der Waals surface area (Å²) in [5.41, 5.74) is -0.265. The Bertz CT molecular complexity index is 324. The molecular formula is C14H18O4. The zero-order chi connectivity index (χ0) is 13.8. The summed E-state index contributed by atoms with van der Waals surface area (Å²) in [7, 11) is 0. The van der Waals surface area contributed by atoms with Gasteiger partial charge in [0.05, 0.1) is 13.2 Å². The molecule has 0 heterocycles. The van der Waals surface area contributed by atoms with Gasteiger partial charge in [-0.05, 0) is 13.8 Å². The third kappa shape index (κ3) is 7.22. The topological polar surface area (TPSA) is 52.6 Å². The molecule has 0 fully saturated rings. The average Bonchev–Trinajstić information content (AvgIpc) is 2.41. The van der Waals surface area contributed by atoms with Gasteiger partial charge in [0, 0.05) is 0 Å². The van der Waals surface area contributed by atoms with E-state index in [2.05, 4.69) is 16.1 Å². The van der Waals surface area contributed by atoms with Gasteiger partial charge in [-0.3, -0.25) is 0 Å². The van der Waals surface area contributed by atoms with Gasteiger partial charge in [-0.2, -0.15) is 0 Å². The van der Waals surface area contributed by atoms with Crippen molar-refractivity contribution in [1.82, 2.24) is 0 Å². The highest BCUT2D eigenvalue weighted by atomic mass is 16.6. The van der Waals surface area contributed by atoms with Gasteiger partial charge >= 0.3 is 11.9 Å². The maximum absolute atomic E-state index is 10.8. The summed E-state index contributed by atoms with van der Waals surface area (Å²) in [6, 6.07) is 12.0. The summed E-state index contributed by atoms with van der Waals surface area (Å²) in [6.45, 7) is 6.98. The van der Waals surface area contributed by atoms with E-state index in [1.54, 1.807) is 13.8 Å². The maximum Gasteiger partial charge on any atom is 0.344 e. The third-order valence-electron chi connectivity index (χ3n) is 1.71. The molecule has 1 rings (SSSR count). The summed E-state index contributed by atoms with van der Waals surface area (Å²) < 4.78 is 9.06. The van der Waals surface area contributed by atoms with Gasteiger partial charge in [0.1, 0.15) is 5.57 Å². The van der Waals surface area contributed by atoms with E-state index >= 15 is 0 Å². The molecule has 0 atom stereocenters. The van der Waals surface area contributed by atoms with Crippen molar-refractivity contribution >= 4 is 11.9 Å². The summed E-state index contributed by atoms with van der Waals surface area (Å²) in [5, 5.41) is 0. The first-order valence-corrected chi connectivity index (χ1v) is 5.66. The standard InChI is InChI=1S/C8H12O4.C6H6/c1-4-11-7(9)6(3)8(10)12-5-2;1-2-4-6-5-3-1/h3-5H2,1-2H3;1-6H. The van der Waals surface area contributed by atoms with Gasteiger partial charge in [-0.1, -0.05) is 43.0 Å². The second-order valence-electron chi connectivity index (χ2n) is 3.07. The fraction of sp³-hybridized carbons (Fsp3) is 0.286. The van der Waals surface area contributed by atoms with Crippen molar-refractivity contribution in [2.24, 2.45) is 0 Å². The van der Waals surface area contributed by atoms with Crippen molar-refractivity contribution < 1.29 is 19.1 Å². The van der Waals surface area contributed by atoms with Gasteiger partial charge in [0.2, 0.25) is 0 Å². The highest BCUT2D eigenvalue weighted by Gasteiger charge is 2.17. The van der Waals surface area contributed by atoms with Crippen LogP contribution in [0.5, 0.6) is 0 Å². The lowest BCUT2D eigenvalue weighted by molar-refractivity contribution is -0.146. The highest BCUT2D eigenvalue weighted by molar-refractivity contribution is 6.13. The summed E-state index contributed by atoms with van der Waals surface area (Å²) >= 11 is 0. The quantitative estimate of drug-likeness (QED) is 0.356. The fourth-order valence-electron chi connectivity index (χ4n) is 0.905. The zero-order valence-corrected chi connectivity index (χ0v) is 10.7. The lowest BCUT2D eigenvalue weighted by Crippen LogP contribution is -2.17. The molecule has 0 N–H and O–H groups in total. The Balaban J connectivity index is 0.000000397. The molecular weight excluding hydrogens is 232 g/mol. The van der Waals surface area contributed by atoms with Gasteiger partial charge in [0.25, 0.3) is 0 Å². The molecule has 0 saturated carbocycles. The van der Waals surface area contributed by atoms with Crippen LogP contribution >= 0.6 is 0 Å². The molecule has 1 aromatic rings. The maximum atomic E-state index is 10.8. The Labute approximate surface area is 107 Å². The molecule has 0 saturated heterocycles. The molecule has 0 aliphatic heterocycles. The molecule has 0 spiro atoms. The second-order valence-corrected chi connectivity index (χ2v) is 3.07. The van der Waals surface area contributed by atoms with E-state index in [-0.39, 0.29) is 18.8 Å². The van der Waals surface area contributed by atoms with Gasteiger partial charge in [-0.15, -0.1) is 0 Å². The van der Waals surface area contributed by atoms with Crippen LogP contribution in [-0.4, -0.2) is 25.2 Å². The number of carbonyl (C=O) groups excluding carboxylic acids is 2. The minimum atomic E-state index is -0.726. The van der Waals surface area contributed by atoms with Crippen molar-refractivity contribution in [2.75, 3.05) is 13.2 Å². The smallest absolute Gasteiger partial charge is 0.344 e. The number of benzene rings is 1. The molecule has 1 aromatic carbocycles. The largest absolute Gasteiger partial charge is 0.462 e. The van der Waals surface area contributed by atoms with E-state index in [1.165, 1.54) is 0 Å². The van der Waals surface area contributed by atoms with Gasteiger partial charge < -0.3 is 9.47 Å². The summed E-state index contributed by atoms with van der Waals surface area (Å²) in [4.78, 5) is 21.7.